The van der Waals surface area contributed by atoms with Crippen molar-refractivity contribution in [2.24, 2.45) is 0 Å². The van der Waals surface area contributed by atoms with Gasteiger partial charge in [-0.3, -0.25) is 0 Å². The molecule has 1 aromatic carbocycles. The Morgan fingerprint density at radius 3 is 2.62 bits per heavy atom. The van der Waals surface area contributed by atoms with Gasteiger partial charge in [0.05, 0.1) is 5.75 Å². The van der Waals surface area contributed by atoms with E-state index in [1.165, 1.54) is 5.56 Å². The molecule has 1 aliphatic heterocycles. The molecule has 0 saturated carbocycles. The van der Waals surface area contributed by atoms with Gasteiger partial charge in [0.25, 0.3) is 0 Å². The molecule has 86 valence electrons. The first-order valence-electron chi connectivity index (χ1n) is 5.32. The first kappa shape index (κ1) is 11.9. The zero-order chi connectivity index (χ0) is 11.8. The number of hydrogen-bond acceptors (Lipinski definition) is 3. The van der Waals surface area contributed by atoms with Crippen LogP contribution in [0.4, 0.5) is 0 Å². The Kier molecular flexibility index (Phi) is 3.24. The Labute approximate surface area is 106 Å². The van der Waals surface area contributed by atoms with E-state index in [9.17, 15) is 5.11 Å². The summed E-state index contributed by atoms with van der Waals surface area (Å²) >= 11 is 6.79. The number of aliphatic hydroxyl groups is 1. The summed E-state index contributed by atoms with van der Waals surface area (Å²) in [6, 6.07) is 8.00. The minimum absolute atomic E-state index is 0.614. The molecule has 0 radical (unpaired) electrons. The van der Waals surface area contributed by atoms with Crippen LogP contribution in [0.2, 0.25) is 0 Å². The Balaban J connectivity index is 2.38. The second kappa shape index (κ2) is 4.35. The molecule has 4 heteroatoms. The van der Waals surface area contributed by atoms with Crippen LogP contribution in [0, 0.1) is 6.92 Å². The number of nitrogens with zero attached hydrogens (tertiary/aromatic N) is 1. The van der Waals surface area contributed by atoms with E-state index in [1.807, 2.05) is 43.0 Å². The van der Waals surface area contributed by atoms with Crippen molar-refractivity contribution in [1.82, 2.24) is 4.90 Å². The SMILES string of the molecule is CCN1C(=S)SCC1(O)c1ccc(C)cc1. The van der Waals surface area contributed by atoms with E-state index in [-0.39, 0.29) is 0 Å². The number of thioether (sulfide) groups is 1. The van der Waals surface area contributed by atoms with Crippen molar-refractivity contribution in [2.75, 3.05) is 12.3 Å². The predicted molar refractivity (Wildman–Crippen MR) is 72.5 cm³/mol. The van der Waals surface area contributed by atoms with Gasteiger partial charge in [-0.1, -0.05) is 53.8 Å². The van der Waals surface area contributed by atoms with Gasteiger partial charge in [-0.2, -0.15) is 0 Å². The van der Waals surface area contributed by atoms with Crippen LogP contribution >= 0.6 is 24.0 Å². The zero-order valence-corrected chi connectivity index (χ0v) is 11.1. The number of benzene rings is 1. The van der Waals surface area contributed by atoms with Gasteiger partial charge in [0, 0.05) is 12.1 Å². The van der Waals surface area contributed by atoms with Crippen LogP contribution < -0.4 is 0 Å². The normalized spacial score (nSPS) is 25.2. The van der Waals surface area contributed by atoms with Crippen molar-refractivity contribution in [3.05, 3.63) is 35.4 Å². The standard InChI is InChI=1S/C12H15NOS2/c1-3-13-11(15)16-8-12(13,14)10-6-4-9(2)5-7-10/h4-7,14H,3,8H2,1-2H3. The first-order valence-corrected chi connectivity index (χ1v) is 6.71. The maximum atomic E-state index is 10.7. The molecule has 0 spiro atoms. The Hall–Kier alpha value is -0.580. The smallest absolute Gasteiger partial charge is 0.175 e. The molecule has 1 aromatic rings. The van der Waals surface area contributed by atoms with E-state index >= 15 is 0 Å². The largest absolute Gasteiger partial charge is 0.366 e. The highest BCUT2D eigenvalue weighted by atomic mass is 32.2. The van der Waals surface area contributed by atoms with Gasteiger partial charge in [-0.05, 0) is 13.8 Å². The molecule has 2 rings (SSSR count). The van der Waals surface area contributed by atoms with Crippen LogP contribution in [-0.4, -0.2) is 26.6 Å². The van der Waals surface area contributed by atoms with Crippen LogP contribution in [-0.2, 0) is 5.72 Å². The van der Waals surface area contributed by atoms with Gasteiger partial charge in [-0.25, -0.2) is 0 Å². The quantitative estimate of drug-likeness (QED) is 0.818. The van der Waals surface area contributed by atoms with Crippen molar-refractivity contribution in [1.29, 1.82) is 0 Å². The summed E-state index contributed by atoms with van der Waals surface area (Å²) in [5, 5.41) is 10.7. The summed E-state index contributed by atoms with van der Waals surface area (Å²) in [5.74, 6) is 0.614. The van der Waals surface area contributed by atoms with E-state index in [0.29, 0.717) is 5.75 Å². The maximum Gasteiger partial charge on any atom is 0.175 e. The van der Waals surface area contributed by atoms with Crippen molar-refractivity contribution >= 4 is 28.3 Å². The van der Waals surface area contributed by atoms with E-state index in [2.05, 4.69) is 0 Å². The third-order valence-corrected chi connectivity index (χ3v) is 4.48. The number of thiocarbonyl (C=S) groups is 1. The molecule has 16 heavy (non-hydrogen) atoms. The highest BCUT2D eigenvalue weighted by Crippen LogP contribution is 2.38. The third-order valence-electron chi connectivity index (χ3n) is 2.89. The molecule has 1 N–H and O–H groups in total. The molecule has 0 amide bonds. The van der Waals surface area contributed by atoms with Gasteiger partial charge >= 0.3 is 0 Å². The van der Waals surface area contributed by atoms with Crippen LogP contribution in [0.25, 0.3) is 0 Å². The van der Waals surface area contributed by atoms with Crippen molar-refractivity contribution < 1.29 is 5.11 Å². The lowest BCUT2D eigenvalue weighted by molar-refractivity contribution is -0.0441. The Morgan fingerprint density at radius 1 is 1.44 bits per heavy atom. The third kappa shape index (κ3) is 1.85. The molecule has 0 bridgehead atoms. The summed E-state index contributed by atoms with van der Waals surface area (Å²) in [4.78, 5) is 1.89. The van der Waals surface area contributed by atoms with Gasteiger partial charge in [-0.15, -0.1) is 0 Å². The van der Waals surface area contributed by atoms with Crippen LogP contribution in [0.5, 0.6) is 0 Å². The molecular weight excluding hydrogens is 238 g/mol. The lowest BCUT2D eigenvalue weighted by Gasteiger charge is -2.33. The Bertz CT molecular complexity index is 404. The highest BCUT2D eigenvalue weighted by Gasteiger charge is 2.42. The van der Waals surface area contributed by atoms with E-state index in [1.54, 1.807) is 11.8 Å². The van der Waals surface area contributed by atoms with E-state index in [4.69, 9.17) is 12.2 Å². The molecule has 1 fully saturated rings. The molecule has 2 nitrogen and oxygen atoms in total. The van der Waals surface area contributed by atoms with Crippen LogP contribution in [0.1, 0.15) is 18.1 Å². The second-order valence-corrected chi connectivity index (χ2v) is 5.59. The molecule has 1 atom stereocenters. The fraction of sp³-hybridized carbons (Fsp3) is 0.417. The first-order chi connectivity index (χ1) is 7.58. The van der Waals surface area contributed by atoms with E-state index in [0.717, 1.165) is 16.4 Å². The molecule has 1 saturated heterocycles. The maximum absolute atomic E-state index is 10.7. The molecule has 1 heterocycles. The predicted octanol–water partition coefficient (Wildman–Crippen LogP) is 2.49. The van der Waals surface area contributed by atoms with E-state index < -0.39 is 5.72 Å². The highest BCUT2D eigenvalue weighted by molar-refractivity contribution is 8.23. The number of rotatable bonds is 2. The topological polar surface area (TPSA) is 23.5 Å². The second-order valence-electron chi connectivity index (χ2n) is 3.98. The van der Waals surface area contributed by atoms with Crippen molar-refractivity contribution in [3.8, 4) is 0 Å². The molecular formula is C12H15NOS2. The minimum atomic E-state index is -0.926. The molecule has 0 aromatic heterocycles. The van der Waals surface area contributed by atoms with Gasteiger partial charge in [0.15, 0.2) is 5.72 Å². The summed E-state index contributed by atoms with van der Waals surface area (Å²) < 4.78 is 0.783. The monoisotopic (exact) mass is 253 g/mol. The summed E-state index contributed by atoms with van der Waals surface area (Å²) in [6.45, 7) is 4.78. The molecule has 1 aliphatic rings. The summed E-state index contributed by atoms with van der Waals surface area (Å²) in [7, 11) is 0. The fourth-order valence-corrected chi connectivity index (χ4v) is 3.46. The molecule has 0 aliphatic carbocycles. The summed E-state index contributed by atoms with van der Waals surface area (Å²) in [6.07, 6.45) is 0. The van der Waals surface area contributed by atoms with Crippen LogP contribution in [0.3, 0.4) is 0 Å². The van der Waals surface area contributed by atoms with Crippen molar-refractivity contribution in [2.45, 2.75) is 19.6 Å². The number of hydrogen-bond donors (Lipinski definition) is 1. The van der Waals surface area contributed by atoms with Gasteiger partial charge in [0.2, 0.25) is 0 Å². The van der Waals surface area contributed by atoms with Gasteiger partial charge in [0.1, 0.15) is 4.32 Å². The minimum Gasteiger partial charge on any atom is -0.366 e. The van der Waals surface area contributed by atoms with Crippen molar-refractivity contribution in [3.63, 3.8) is 0 Å². The number of aryl methyl sites for hydroxylation is 1. The fourth-order valence-electron chi connectivity index (χ4n) is 1.92. The Morgan fingerprint density at radius 2 is 2.06 bits per heavy atom. The molecule has 1 unspecified atom stereocenters. The van der Waals surface area contributed by atoms with Crippen LogP contribution in [0.15, 0.2) is 24.3 Å². The lowest BCUT2D eigenvalue weighted by Crippen LogP contribution is -2.44. The lowest BCUT2D eigenvalue weighted by atomic mass is 10.0. The average Bonchev–Trinajstić information content (AvgIpc) is 2.56. The average molecular weight is 253 g/mol. The van der Waals surface area contributed by atoms with Gasteiger partial charge < -0.3 is 10.0 Å². The zero-order valence-electron chi connectivity index (χ0n) is 9.43. The summed E-state index contributed by atoms with van der Waals surface area (Å²) in [5.41, 5.74) is 1.19.